The predicted molar refractivity (Wildman–Crippen MR) is 58.9 cm³/mol. The predicted octanol–water partition coefficient (Wildman–Crippen LogP) is 3.84. The second-order valence-corrected chi connectivity index (χ2v) is 3.17. The molecule has 0 radical (unpaired) electrons. The molecule has 0 saturated heterocycles. The van der Waals surface area contributed by atoms with Crippen LogP contribution in [0.25, 0.3) is 10.4 Å². The third-order valence-electron chi connectivity index (χ3n) is 1.47. The smallest absolute Gasteiger partial charge is 0.0358 e. The Morgan fingerprint density at radius 2 is 2.00 bits per heavy atom. The van der Waals surface area contributed by atoms with Gasteiger partial charge in [-0.3, -0.25) is 4.98 Å². The normalized spacial score (nSPS) is 8.77. The molecule has 2 heteroatoms. The molecule has 0 aromatic carbocycles. The summed E-state index contributed by atoms with van der Waals surface area (Å²) in [7, 11) is 0. The molecule has 2 aromatic rings. The fraction of sp³-hybridized carbons (Fsp3) is 0.182. The molecule has 0 aliphatic carbocycles. The molecular weight excluding hydrogens is 178 g/mol. The minimum absolute atomic E-state index is 1.20. The standard InChI is InChI=1S/C9H7NS.C2H6/c1-3-8(7-10-5-1)9-4-2-6-11-9;1-2/h1-7H;1-2H3. The first-order valence-corrected chi connectivity index (χ1v) is 5.29. The van der Waals surface area contributed by atoms with Gasteiger partial charge < -0.3 is 0 Å². The van der Waals surface area contributed by atoms with E-state index >= 15 is 0 Å². The van der Waals surface area contributed by atoms with E-state index in [0.29, 0.717) is 0 Å². The van der Waals surface area contributed by atoms with E-state index in [-0.39, 0.29) is 0 Å². The zero-order valence-electron chi connectivity index (χ0n) is 7.90. The summed E-state index contributed by atoms with van der Waals surface area (Å²) in [6.45, 7) is 4.00. The largest absolute Gasteiger partial charge is 0.264 e. The molecule has 0 N–H and O–H groups in total. The van der Waals surface area contributed by atoms with Gasteiger partial charge in [-0.25, -0.2) is 0 Å². The summed E-state index contributed by atoms with van der Waals surface area (Å²) in [6.07, 6.45) is 3.67. The third kappa shape index (κ3) is 2.67. The molecule has 0 amide bonds. The fourth-order valence-electron chi connectivity index (χ4n) is 0.951. The van der Waals surface area contributed by atoms with Gasteiger partial charge in [0.05, 0.1) is 0 Å². The summed E-state index contributed by atoms with van der Waals surface area (Å²) in [4.78, 5) is 5.32. The molecule has 0 spiro atoms. The van der Waals surface area contributed by atoms with Crippen LogP contribution in [0.5, 0.6) is 0 Å². The molecule has 0 fully saturated rings. The third-order valence-corrected chi connectivity index (χ3v) is 2.39. The van der Waals surface area contributed by atoms with E-state index in [1.807, 2.05) is 32.2 Å². The topological polar surface area (TPSA) is 12.9 Å². The van der Waals surface area contributed by atoms with Gasteiger partial charge in [-0.15, -0.1) is 11.3 Å². The lowest BCUT2D eigenvalue weighted by Gasteiger charge is -1.92. The first-order valence-electron chi connectivity index (χ1n) is 4.41. The highest BCUT2D eigenvalue weighted by Gasteiger charge is 1.94. The Morgan fingerprint density at radius 3 is 2.54 bits per heavy atom. The van der Waals surface area contributed by atoms with Crippen LogP contribution in [0, 0.1) is 0 Å². The highest BCUT2D eigenvalue weighted by atomic mass is 32.1. The number of pyridine rings is 1. The van der Waals surface area contributed by atoms with Crippen LogP contribution in [0.1, 0.15) is 13.8 Å². The van der Waals surface area contributed by atoms with Gasteiger partial charge in [0.1, 0.15) is 0 Å². The van der Waals surface area contributed by atoms with Gasteiger partial charge in [0.15, 0.2) is 0 Å². The van der Waals surface area contributed by atoms with Crippen molar-refractivity contribution in [2.24, 2.45) is 0 Å². The van der Waals surface area contributed by atoms with Crippen molar-refractivity contribution in [2.45, 2.75) is 13.8 Å². The van der Waals surface area contributed by atoms with Crippen molar-refractivity contribution in [3.05, 3.63) is 42.0 Å². The van der Waals surface area contributed by atoms with Gasteiger partial charge in [-0.05, 0) is 17.5 Å². The van der Waals surface area contributed by atoms with Crippen LogP contribution in [0.2, 0.25) is 0 Å². The second-order valence-electron chi connectivity index (χ2n) is 2.22. The van der Waals surface area contributed by atoms with Gasteiger partial charge in [0.25, 0.3) is 0 Å². The number of hydrogen-bond acceptors (Lipinski definition) is 2. The molecule has 68 valence electrons. The molecule has 0 atom stereocenters. The van der Waals surface area contributed by atoms with Crippen LogP contribution in [0.4, 0.5) is 0 Å². The molecule has 0 aliphatic heterocycles. The lowest BCUT2D eigenvalue weighted by atomic mass is 10.2. The highest BCUT2D eigenvalue weighted by Crippen LogP contribution is 2.22. The van der Waals surface area contributed by atoms with Crippen molar-refractivity contribution < 1.29 is 0 Å². The first kappa shape index (κ1) is 9.93. The Morgan fingerprint density at radius 1 is 1.15 bits per heavy atom. The highest BCUT2D eigenvalue weighted by molar-refractivity contribution is 7.13. The Balaban J connectivity index is 0.000000396. The zero-order valence-corrected chi connectivity index (χ0v) is 8.71. The number of hydrogen-bond donors (Lipinski definition) is 0. The van der Waals surface area contributed by atoms with Crippen LogP contribution in [-0.2, 0) is 0 Å². The van der Waals surface area contributed by atoms with Crippen molar-refractivity contribution in [1.82, 2.24) is 4.98 Å². The Bertz CT molecular complexity index is 313. The Kier molecular flexibility index (Phi) is 4.19. The van der Waals surface area contributed by atoms with Crippen LogP contribution < -0.4 is 0 Å². The van der Waals surface area contributed by atoms with E-state index in [1.54, 1.807) is 17.5 Å². The van der Waals surface area contributed by atoms with Gasteiger partial charge in [-0.2, -0.15) is 0 Å². The summed E-state index contributed by atoms with van der Waals surface area (Å²) in [5.41, 5.74) is 1.20. The number of aromatic nitrogens is 1. The molecule has 0 unspecified atom stereocenters. The number of rotatable bonds is 1. The second kappa shape index (κ2) is 5.49. The average Bonchev–Trinajstić information content (AvgIpc) is 2.75. The van der Waals surface area contributed by atoms with Gasteiger partial charge in [0, 0.05) is 22.8 Å². The maximum absolute atomic E-state index is 4.05. The molecule has 2 heterocycles. The van der Waals surface area contributed by atoms with Gasteiger partial charge in [-0.1, -0.05) is 26.0 Å². The summed E-state index contributed by atoms with van der Waals surface area (Å²) in [6, 6.07) is 8.17. The summed E-state index contributed by atoms with van der Waals surface area (Å²) >= 11 is 1.74. The molecule has 0 bridgehead atoms. The van der Waals surface area contributed by atoms with E-state index in [4.69, 9.17) is 0 Å². The first-order chi connectivity index (χ1) is 6.47. The molecule has 0 aliphatic rings. The molecule has 2 aromatic heterocycles. The molecule has 13 heavy (non-hydrogen) atoms. The quantitative estimate of drug-likeness (QED) is 0.667. The SMILES string of the molecule is CC.c1cncc(-c2cccs2)c1. The molecule has 1 nitrogen and oxygen atoms in total. The minimum atomic E-state index is 1.20. The minimum Gasteiger partial charge on any atom is -0.264 e. The average molecular weight is 191 g/mol. The van der Waals surface area contributed by atoms with E-state index in [1.165, 1.54) is 10.4 Å². The van der Waals surface area contributed by atoms with Crippen LogP contribution >= 0.6 is 11.3 Å². The fourth-order valence-corrected chi connectivity index (χ4v) is 1.67. The summed E-state index contributed by atoms with van der Waals surface area (Å²) in [5, 5.41) is 2.07. The summed E-state index contributed by atoms with van der Waals surface area (Å²) in [5.74, 6) is 0. The maximum atomic E-state index is 4.05. The lowest BCUT2D eigenvalue weighted by molar-refractivity contribution is 1.33. The van der Waals surface area contributed by atoms with E-state index in [9.17, 15) is 0 Å². The van der Waals surface area contributed by atoms with E-state index in [2.05, 4.69) is 22.5 Å². The van der Waals surface area contributed by atoms with Gasteiger partial charge >= 0.3 is 0 Å². The van der Waals surface area contributed by atoms with Crippen molar-refractivity contribution in [3.8, 4) is 10.4 Å². The van der Waals surface area contributed by atoms with Crippen molar-refractivity contribution in [1.29, 1.82) is 0 Å². The molecule has 0 saturated carbocycles. The van der Waals surface area contributed by atoms with Crippen LogP contribution in [0.15, 0.2) is 42.0 Å². The van der Waals surface area contributed by atoms with E-state index < -0.39 is 0 Å². The van der Waals surface area contributed by atoms with Crippen molar-refractivity contribution >= 4 is 11.3 Å². The van der Waals surface area contributed by atoms with Crippen molar-refractivity contribution in [3.63, 3.8) is 0 Å². The molecule has 2 rings (SSSR count). The summed E-state index contributed by atoms with van der Waals surface area (Å²) < 4.78 is 0. The number of thiophene rings is 1. The van der Waals surface area contributed by atoms with E-state index in [0.717, 1.165) is 0 Å². The lowest BCUT2D eigenvalue weighted by Crippen LogP contribution is -1.72. The number of nitrogens with zero attached hydrogens (tertiary/aromatic N) is 1. The Hall–Kier alpha value is -1.15. The molecular formula is C11H13NS. The van der Waals surface area contributed by atoms with Crippen LogP contribution in [0.3, 0.4) is 0 Å². The van der Waals surface area contributed by atoms with Gasteiger partial charge in [0.2, 0.25) is 0 Å². The van der Waals surface area contributed by atoms with Crippen molar-refractivity contribution in [2.75, 3.05) is 0 Å². The zero-order chi connectivity index (χ0) is 9.52. The Labute approximate surface area is 83.1 Å². The maximum Gasteiger partial charge on any atom is 0.0358 e. The monoisotopic (exact) mass is 191 g/mol. The van der Waals surface area contributed by atoms with Crippen LogP contribution in [-0.4, -0.2) is 4.98 Å².